The van der Waals surface area contributed by atoms with Crippen LogP contribution < -0.4 is 11.1 Å². The maximum absolute atomic E-state index is 5.41. The molecule has 2 heteroatoms. The maximum atomic E-state index is 5.41. The first-order valence-corrected chi connectivity index (χ1v) is 8.00. The van der Waals surface area contributed by atoms with Gasteiger partial charge >= 0.3 is 0 Å². The van der Waals surface area contributed by atoms with Gasteiger partial charge in [0.2, 0.25) is 0 Å². The van der Waals surface area contributed by atoms with Gasteiger partial charge in [0.15, 0.2) is 0 Å². The van der Waals surface area contributed by atoms with Crippen molar-refractivity contribution >= 4 is 0 Å². The summed E-state index contributed by atoms with van der Waals surface area (Å²) in [6.45, 7) is 4.06. The summed E-state index contributed by atoms with van der Waals surface area (Å²) in [5, 5.41) is 3.26. The molecular formula is C16H34N2. The van der Waals surface area contributed by atoms with Crippen molar-refractivity contribution in [2.24, 2.45) is 5.73 Å². The van der Waals surface area contributed by atoms with E-state index in [1.165, 1.54) is 64.2 Å². The predicted octanol–water partition coefficient (Wildman–Crippen LogP) is 4.36. The van der Waals surface area contributed by atoms with Crippen molar-refractivity contribution in [3.8, 4) is 0 Å². The Kier molecular flexibility index (Phi) is 16.0. The van der Waals surface area contributed by atoms with Crippen molar-refractivity contribution < 1.29 is 0 Å². The van der Waals surface area contributed by atoms with Gasteiger partial charge in [-0.15, -0.1) is 0 Å². The summed E-state index contributed by atoms with van der Waals surface area (Å²) in [4.78, 5) is 0. The Hall–Kier alpha value is -0.500. The molecule has 0 aromatic carbocycles. The highest BCUT2D eigenvalue weighted by molar-refractivity contribution is 4.79. The van der Waals surface area contributed by atoms with Crippen LogP contribution in [0.1, 0.15) is 77.6 Å². The minimum Gasteiger partial charge on any atom is -0.391 e. The normalized spacial score (nSPS) is 11.2. The van der Waals surface area contributed by atoms with Gasteiger partial charge in [0, 0.05) is 6.54 Å². The van der Waals surface area contributed by atoms with Crippen LogP contribution in [0.4, 0.5) is 0 Å². The molecule has 3 N–H and O–H groups in total. The summed E-state index contributed by atoms with van der Waals surface area (Å²) < 4.78 is 0. The van der Waals surface area contributed by atoms with E-state index in [0.717, 1.165) is 19.5 Å². The first kappa shape index (κ1) is 17.5. The molecule has 0 aliphatic heterocycles. The van der Waals surface area contributed by atoms with Gasteiger partial charge in [0.05, 0.1) is 0 Å². The zero-order chi connectivity index (χ0) is 13.3. The molecule has 0 atom stereocenters. The first-order chi connectivity index (χ1) is 8.91. The van der Waals surface area contributed by atoms with Crippen LogP contribution in [0.2, 0.25) is 0 Å². The number of nitrogens with two attached hydrogens (primary N) is 1. The van der Waals surface area contributed by atoms with E-state index < -0.39 is 0 Å². The summed E-state index contributed by atoms with van der Waals surface area (Å²) in [6.07, 6.45) is 19.3. The van der Waals surface area contributed by atoms with E-state index in [9.17, 15) is 0 Å². The molecule has 0 unspecified atom stereocenters. The first-order valence-electron chi connectivity index (χ1n) is 8.00. The largest absolute Gasteiger partial charge is 0.391 e. The van der Waals surface area contributed by atoms with Gasteiger partial charge in [-0.3, -0.25) is 0 Å². The zero-order valence-electron chi connectivity index (χ0n) is 12.4. The van der Waals surface area contributed by atoms with Crippen molar-refractivity contribution in [1.29, 1.82) is 0 Å². The molecule has 0 bridgehead atoms. The van der Waals surface area contributed by atoms with Crippen LogP contribution in [0.3, 0.4) is 0 Å². The van der Waals surface area contributed by atoms with Gasteiger partial charge in [0.25, 0.3) is 0 Å². The summed E-state index contributed by atoms with van der Waals surface area (Å²) in [5.41, 5.74) is 5.41. The minimum atomic E-state index is 0.777. The zero-order valence-corrected chi connectivity index (χ0v) is 12.4. The lowest BCUT2D eigenvalue weighted by Crippen LogP contribution is -2.11. The van der Waals surface area contributed by atoms with Gasteiger partial charge in [-0.25, -0.2) is 0 Å². The van der Waals surface area contributed by atoms with Crippen LogP contribution in [0.5, 0.6) is 0 Å². The third kappa shape index (κ3) is 15.5. The van der Waals surface area contributed by atoms with Crippen molar-refractivity contribution in [3.05, 3.63) is 12.3 Å². The molecule has 0 aliphatic carbocycles. The molecule has 0 aliphatic rings. The predicted molar refractivity (Wildman–Crippen MR) is 82.7 cm³/mol. The summed E-state index contributed by atoms with van der Waals surface area (Å²) in [6, 6.07) is 0. The number of hydrogen-bond acceptors (Lipinski definition) is 2. The molecule has 2 nitrogen and oxygen atoms in total. The van der Waals surface area contributed by atoms with Gasteiger partial charge in [-0.2, -0.15) is 0 Å². The molecule has 0 rings (SSSR count). The molecule has 108 valence electrons. The van der Waals surface area contributed by atoms with E-state index in [2.05, 4.69) is 24.5 Å². The molecule has 18 heavy (non-hydrogen) atoms. The van der Waals surface area contributed by atoms with Crippen molar-refractivity contribution in [1.82, 2.24) is 5.32 Å². The Morgan fingerprint density at radius 3 is 2.06 bits per heavy atom. The minimum absolute atomic E-state index is 0.777. The number of unbranched alkanes of at least 4 members (excludes halogenated alkanes) is 9. The number of allylic oxidation sites excluding steroid dienone is 1. The van der Waals surface area contributed by atoms with Crippen LogP contribution in [-0.4, -0.2) is 13.1 Å². The number of nitrogens with one attached hydrogen (secondary N) is 1. The second kappa shape index (κ2) is 16.5. The van der Waals surface area contributed by atoms with E-state index >= 15 is 0 Å². The third-order valence-corrected chi connectivity index (χ3v) is 3.24. The van der Waals surface area contributed by atoms with Gasteiger partial charge in [-0.1, -0.05) is 64.4 Å². The van der Waals surface area contributed by atoms with Gasteiger partial charge in [-0.05, 0) is 32.0 Å². The summed E-state index contributed by atoms with van der Waals surface area (Å²) in [7, 11) is 0. The second-order valence-corrected chi connectivity index (χ2v) is 5.12. The van der Waals surface area contributed by atoms with E-state index in [1.54, 1.807) is 0 Å². The van der Waals surface area contributed by atoms with Crippen LogP contribution in [0.25, 0.3) is 0 Å². The smallest absolute Gasteiger partial charge is 0.0153 e. The van der Waals surface area contributed by atoms with Gasteiger partial charge in [0.1, 0.15) is 0 Å². The molecule has 0 radical (unpaired) electrons. The van der Waals surface area contributed by atoms with Crippen molar-refractivity contribution in [3.63, 3.8) is 0 Å². The topological polar surface area (TPSA) is 38.0 Å². The number of hydrogen-bond donors (Lipinski definition) is 2. The monoisotopic (exact) mass is 254 g/mol. The maximum Gasteiger partial charge on any atom is 0.0153 e. The Balaban J connectivity index is 2.98. The second-order valence-electron chi connectivity index (χ2n) is 5.12. The average Bonchev–Trinajstić information content (AvgIpc) is 2.39. The third-order valence-electron chi connectivity index (χ3n) is 3.24. The SMILES string of the molecule is CCCCCCCCCCCC=CNCCCN. The molecule has 0 aromatic rings. The Morgan fingerprint density at radius 2 is 1.44 bits per heavy atom. The molecule has 0 fully saturated rings. The lowest BCUT2D eigenvalue weighted by Gasteiger charge is -2.01. The van der Waals surface area contributed by atoms with Crippen LogP contribution in [-0.2, 0) is 0 Å². The lowest BCUT2D eigenvalue weighted by molar-refractivity contribution is 0.566. The van der Waals surface area contributed by atoms with E-state index in [0.29, 0.717) is 0 Å². The fraction of sp³-hybridized carbons (Fsp3) is 0.875. The van der Waals surface area contributed by atoms with E-state index in [-0.39, 0.29) is 0 Å². The lowest BCUT2D eigenvalue weighted by atomic mass is 10.1. The molecule has 0 aromatic heterocycles. The summed E-state index contributed by atoms with van der Waals surface area (Å²) in [5.74, 6) is 0. The highest BCUT2D eigenvalue weighted by Crippen LogP contribution is 2.10. The fourth-order valence-electron chi connectivity index (χ4n) is 2.03. The quantitative estimate of drug-likeness (QED) is 0.452. The van der Waals surface area contributed by atoms with Crippen LogP contribution in [0, 0.1) is 0 Å². The van der Waals surface area contributed by atoms with E-state index in [1.807, 2.05) is 0 Å². The Labute approximate surface area is 114 Å². The standard InChI is InChI=1S/C16H34N2/c1-2-3-4-5-6-7-8-9-10-11-12-15-18-16-13-14-17/h12,15,18H,2-11,13-14,16-17H2,1H3. The molecular weight excluding hydrogens is 220 g/mol. The molecule has 0 amide bonds. The fourth-order valence-corrected chi connectivity index (χ4v) is 2.03. The molecule has 0 heterocycles. The molecule has 0 saturated heterocycles. The number of rotatable bonds is 14. The Bertz CT molecular complexity index is 166. The van der Waals surface area contributed by atoms with Crippen molar-refractivity contribution in [2.75, 3.05) is 13.1 Å². The Morgan fingerprint density at radius 1 is 0.833 bits per heavy atom. The summed E-state index contributed by atoms with van der Waals surface area (Å²) >= 11 is 0. The van der Waals surface area contributed by atoms with Gasteiger partial charge < -0.3 is 11.1 Å². The molecule has 0 spiro atoms. The van der Waals surface area contributed by atoms with Crippen molar-refractivity contribution in [2.45, 2.75) is 77.6 Å². The average molecular weight is 254 g/mol. The highest BCUT2D eigenvalue weighted by Gasteiger charge is 1.91. The highest BCUT2D eigenvalue weighted by atomic mass is 14.8. The molecule has 0 saturated carbocycles. The van der Waals surface area contributed by atoms with Crippen LogP contribution in [0.15, 0.2) is 12.3 Å². The van der Waals surface area contributed by atoms with E-state index in [4.69, 9.17) is 5.73 Å². The van der Waals surface area contributed by atoms with Crippen LogP contribution >= 0.6 is 0 Å².